The van der Waals surface area contributed by atoms with E-state index in [1.807, 2.05) is 19.1 Å². The van der Waals surface area contributed by atoms with E-state index in [1.165, 1.54) is 17.6 Å². The molecule has 0 fully saturated rings. The van der Waals surface area contributed by atoms with E-state index in [2.05, 4.69) is 9.37 Å². The molecule has 0 aliphatic carbocycles. The van der Waals surface area contributed by atoms with Crippen LogP contribution in [0.15, 0.2) is 23.2 Å². The zero-order chi connectivity index (χ0) is 9.26. The van der Waals surface area contributed by atoms with Gasteiger partial charge in [0.2, 0.25) is 6.08 Å². The summed E-state index contributed by atoms with van der Waals surface area (Å²) in [4.78, 5) is 13.6. The molecular formula is C9H6N2OS. The van der Waals surface area contributed by atoms with Gasteiger partial charge >= 0.3 is 0 Å². The van der Waals surface area contributed by atoms with Gasteiger partial charge in [0, 0.05) is 5.39 Å². The van der Waals surface area contributed by atoms with Crippen LogP contribution in [0.2, 0.25) is 0 Å². The van der Waals surface area contributed by atoms with Crippen molar-refractivity contribution in [3.05, 3.63) is 23.9 Å². The summed E-state index contributed by atoms with van der Waals surface area (Å²) in [6.07, 6.45) is 1.51. The zero-order valence-electron chi connectivity index (χ0n) is 6.94. The first-order valence-corrected chi connectivity index (χ1v) is 4.52. The van der Waals surface area contributed by atoms with E-state index < -0.39 is 0 Å². The quantitative estimate of drug-likeness (QED) is 0.512. The Kier molecular flexibility index (Phi) is 1.93. The van der Waals surface area contributed by atoms with Crippen molar-refractivity contribution in [3.8, 4) is 0 Å². The first-order chi connectivity index (χ1) is 6.31. The molecule has 2 aromatic rings. The fourth-order valence-corrected chi connectivity index (χ4v) is 2.00. The van der Waals surface area contributed by atoms with Crippen LogP contribution in [0.25, 0.3) is 10.1 Å². The lowest BCUT2D eigenvalue weighted by molar-refractivity contribution is 0.565. The van der Waals surface area contributed by atoms with Crippen molar-refractivity contribution in [1.82, 2.24) is 4.37 Å². The number of nitrogens with zero attached hydrogens (tertiary/aromatic N) is 2. The third-order valence-corrected chi connectivity index (χ3v) is 2.71. The molecule has 1 aromatic carbocycles. The predicted octanol–water partition coefficient (Wildman–Crippen LogP) is 2.57. The highest BCUT2D eigenvalue weighted by Gasteiger charge is 2.01. The number of hydrogen-bond acceptors (Lipinski definition) is 4. The number of rotatable bonds is 1. The minimum absolute atomic E-state index is 0.631. The molecule has 0 amide bonds. The third kappa shape index (κ3) is 1.37. The minimum atomic E-state index is 0.631. The number of aliphatic imine (C=N–C) groups is 1. The van der Waals surface area contributed by atoms with Gasteiger partial charge in [-0.2, -0.15) is 9.37 Å². The molecule has 13 heavy (non-hydrogen) atoms. The minimum Gasteiger partial charge on any atom is -0.211 e. The lowest BCUT2D eigenvalue weighted by Crippen LogP contribution is -1.69. The molecular weight excluding hydrogens is 184 g/mol. The van der Waals surface area contributed by atoms with E-state index in [0.29, 0.717) is 5.69 Å². The summed E-state index contributed by atoms with van der Waals surface area (Å²) >= 11 is 1.41. The number of isocyanates is 1. The second-order valence-electron chi connectivity index (χ2n) is 2.65. The SMILES string of the molecule is Cc1nsc2cc(N=C=O)ccc12. The van der Waals surface area contributed by atoms with Crippen LogP contribution in [0.5, 0.6) is 0 Å². The maximum absolute atomic E-state index is 10.0. The maximum Gasteiger partial charge on any atom is 0.240 e. The van der Waals surface area contributed by atoms with E-state index in [9.17, 15) is 4.79 Å². The topological polar surface area (TPSA) is 42.3 Å². The largest absolute Gasteiger partial charge is 0.240 e. The first-order valence-electron chi connectivity index (χ1n) is 3.75. The third-order valence-electron chi connectivity index (χ3n) is 1.81. The van der Waals surface area contributed by atoms with E-state index >= 15 is 0 Å². The molecule has 0 atom stereocenters. The van der Waals surface area contributed by atoms with Crippen LogP contribution in [0, 0.1) is 6.92 Å². The monoisotopic (exact) mass is 190 g/mol. The molecule has 0 saturated carbocycles. The fraction of sp³-hybridized carbons (Fsp3) is 0.111. The average Bonchev–Trinajstić information content (AvgIpc) is 2.48. The normalized spacial score (nSPS) is 9.92. The van der Waals surface area contributed by atoms with Gasteiger partial charge in [0.05, 0.1) is 16.1 Å². The summed E-state index contributed by atoms with van der Waals surface area (Å²) < 4.78 is 5.25. The smallest absolute Gasteiger partial charge is 0.211 e. The Labute approximate surface area is 78.9 Å². The van der Waals surface area contributed by atoms with Gasteiger partial charge in [0.15, 0.2) is 0 Å². The molecule has 0 radical (unpaired) electrons. The molecule has 0 saturated heterocycles. The summed E-state index contributed by atoms with van der Waals surface area (Å²) in [6.45, 7) is 1.96. The Morgan fingerprint density at radius 2 is 2.38 bits per heavy atom. The Morgan fingerprint density at radius 3 is 3.15 bits per heavy atom. The number of carbonyl (C=O) groups excluding carboxylic acids is 1. The van der Waals surface area contributed by atoms with Crippen LogP contribution in [-0.4, -0.2) is 10.5 Å². The van der Waals surface area contributed by atoms with Crippen LogP contribution >= 0.6 is 11.5 Å². The highest BCUT2D eigenvalue weighted by atomic mass is 32.1. The zero-order valence-corrected chi connectivity index (χ0v) is 7.76. The van der Waals surface area contributed by atoms with E-state index in [1.54, 1.807) is 6.07 Å². The summed E-state index contributed by atoms with van der Waals surface area (Å²) in [7, 11) is 0. The molecule has 64 valence electrons. The highest BCUT2D eigenvalue weighted by Crippen LogP contribution is 2.26. The van der Waals surface area contributed by atoms with Gasteiger partial charge in [-0.25, -0.2) is 4.79 Å². The number of hydrogen-bond donors (Lipinski definition) is 0. The van der Waals surface area contributed by atoms with E-state index in [-0.39, 0.29) is 0 Å². The van der Waals surface area contributed by atoms with Crippen LogP contribution in [0.4, 0.5) is 5.69 Å². The van der Waals surface area contributed by atoms with Crippen molar-refractivity contribution in [1.29, 1.82) is 0 Å². The Morgan fingerprint density at radius 1 is 1.54 bits per heavy atom. The predicted molar refractivity (Wildman–Crippen MR) is 52.1 cm³/mol. The molecule has 0 unspecified atom stereocenters. The molecule has 0 N–H and O–H groups in total. The number of aromatic nitrogens is 1. The van der Waals surface area contributed by atoms with Gasteiger partial charge < -0.3 is 0 Å². The second-order valence-corrected chi connectivity index (χ2v) is 3.46. The van der Waals surface area contributed by atoms with Crippen LogP contribution in [-0.2, 0) is 4.79 Å². The number of fused-ring (bicyclic) bond motifs is 1. The first kappa shape index (κ1) is 8.10. The standard InChI is InChI=1S/C9H6N2OS/c1-6-8-3-2-7(10-5-12)4-9(8)13-11-6/h2-4H,1H3. The van der Waals surface area contributed by atoms with Gasteiger partial charge in [-0.1, -0.05) is 0 Å². The average molecular weight is 190 g/mol. The fourth-order valence-electron chi connectivity index (χ4n) is 1.17. The van der Waals surface area contributed by atoms with Gasteiger partial charge in [0.25, 0.3) is 0 Å². The van der Waals surface area contributed by atoms with Crippen molar-refractivity contribution < 1.29 is 4.79 Å². The summed E-state index contributed by atoms with van der Waals surface area (Å²) in [6, 6.07) is 5.55. The van der Waals surface area contributed by atoms with Crippen LogP contribution in [0.3, 0.4) is 0 Å². The Hall–Kier alpha value is -1.51. The lowest BCUT2D eigenvalue weighted by Gasteiger charge is -1.90. The molecule has 4 heteroatoms. The van der Waals surface area contributed by atoms with Crippen LogP contribution < -0.4 is 0 Å². The molecule has 1 aromatic heterocycles. The molecule has 3 nitrogen and oxygen atoms in total. The lowest BCUT2D eigenvalue weighted by atomic mass is 10.2. The van der Waals surface area contributed by atoms with Crippen molar-refractivity contribution in [2.75, 3.05) is 0 Å². The summed E-state index contributed by atoms with van der Waals surface area (Å²) in [5, 5.41) is 1.12. The van der Waals surface area contributed by atoms with Gasteiger partial charge in [-0.05, 0) is 36.7 Å². The second kappa shape index (κ2) is 3.09. The molecule has 0 spiro atoms. The summed E-state index contributed by atoms with van der Waals surface area (Å²) in [5.74, 6) is 0. The van der Waals surface area contributed by atoms with Gasteiger partial charge in [-0.15, -0.1) is 0 Å². The van der Waals surface area contributed by atoms with Crippen molar-refractivity contribution in [2.24, 2.45) is 4.99 Å². The van der Waals surface area contributed by atoms with E-state index in [0.717, 1.165) is 15.8 Å². The maximum atomic E-state index is 10.0. The van der Waals surface area contributed by atoms with Gasteiger partial charge in [0.1, 0.15) is 0 Å². The molecule has 0 bridgehead atoms. The van der Waals surface area contributed by atoms with Crippen molar-refractivity contribution in [3.63, 3.8) is 0 Å². The van der Waals surface area contributed by atoms with E-state index in [4.69, 9.17) is 0 Å². The number of aryl methyl sites for hydroxylation is 1. The summed E-state index contributed by atoms with van der Waals surface area (Å²) in [5.41, 5.74) is 1.65. The Balaban J connectivity index is 2.69. The molecule has 1 heterocycles. The molecule has 2 rings (SSSR count). The van der Waals surface area contributed by atoms with Crippen LogP contribution in [0.1, 0.15) is 5.69 Å². The molecule has 0 aliphatic heterocycles. The highest BCUT2D eigenvalue weighted by molar-refractivity contribution is 7.13. The molecule has 0 aliphatic rings. The van der Waals surface area contributed by atoms with Gasteiger partial charge in [-0.3, -0.25) is 0 Å². The number of benzene rings is 1. The van der Waals surface area contributed by atoms with Crippen molar-refractivity contribution in [2.45, 2.75) is 6.92 Å². The Bertz CT molecular complexity index is 497. The van der Waals surface area contributed by atoms with Crippen molar-refractivity contribution >= 4 is 33.4 Å².